The molecule has 0 fully saturated rings. The maximum atomic E-state index is 11.0. The van der Waals surface area contributed by atoms with Crippen molar-refractivity contribution in [1.29, 1.82) is 0 Å². The second-order valence-corrected chi connectivity index (χ2v) is 7.17. The molecule has 1 rings (SSSR count). The number of carbonyl (C=O) groups is 1. The van der Waals surface area contributed by atoms with Gasteiger partial charge in [-0.15, -0.1) is 0 Å². The molecule has 6 heteroatoms. The second-order valence-electron chi connectivity index (χ2n) is 2.59. The molecule has 0 bridgehead atoms. The minimum absolute atomic E-state index is 0.105. The van der Waals surface area contributed by atoms with Gasteiger partial charge in [0.25, 0.3) is 0 Å². The summed E-state index contributed by atoms with van der Waals surface area (Å²) in [5.41, 5.74) is 0.141. The van der Waals surface area contributed by atoms with Gasteiger partial charge in [-0.3, -0.25) is 0 Å². The van der Waals surface area contributed by atoms with Crippen LogP contribution in [0, 0.1) is 0 Å². The third-order valence-electron chi connectivity index (χ3n) is 1.60. The Hall–Kier alpha value is -0.772. The fourth-order valence-corrected chi connectivity index (χ4v) is 2.61. The first kappa shape index (κ1) is 11.3. The molecule has 1 aromatic rings. The third-order valence-corrected chi connectivity index (χ3v) is 4.32. The topological polar surface area (TPSA) is 83.8 Å². The molecule has 14 heavy (non-hydrogen) atoms. The average molecular weight is 307 g/mol. The molecule has 0 saturated heterocycles. The van der Waals surface area contributed by atoms with Crippen molar-refractivity contribution in [2.24, 2.45) is 0 Å². The van der Waals surface area contributed by atoms with Crippen molar-refractivity contribution >= 4 is 29.1 Å². The summed E-state index contributed by atoms with van der Waals surface area (Å²) in [5, 5.41) is 0. The molecule has 76 valence electrons. The first-order chi connectivity index (χ1) is 6.45. The predicted octanol–water partition coefficient (Wildman–Crippen LogP) is -0.966. The number of benzene rings is 1. The van der Waals surface area contributed by atoms with Crippen LogP contribution in [0.2, 0.25) is 0 Å². The Morgan fingerprint density at radius 1 is 1.43 bits per heavy atom. The molecule has 1 aromatic carbocycles. The summed E-state index contributed by atoms with van der Waals surface area (Å²) in [7, 11) is 1.21. The molecule has 0 radical (unpaired) electrons. The normalized spacial score (nSPS) is 11.1. The molecule has 0 amide bonds. The summed E-state index contributed by atoms with van der Waals surface area (Å²) < 4.78 is 33.1. The van der Waals surface area contributed by atoms with Gasteiger partial charge in [0, 0.05) is 0 Å². The van der Waals surface area contributed by atoms with Gasteiger partial charge in [-0.1, -0.05) is 0 Å². The Kier molecular flexibility index (Phi) is 3.37. The summed E-state index contributed by atoms with van der Waals surface area (Å²) in [6, 6.07) is 5.30. The van der Waals surface area contributed by atoms with Crippen molar-refractivity contribution in [3.05, 3.63) is 29.8 Å². The Balaban J connectivity index is 3.14. The zero-order chi connectivity index (χ0) is 10.8. The number of ether oxygens (including phenoxy) is 1. The van der Waals surface area contributed by atoms with Crippen LogP contribution >= 0.6 is 0 Å². The molecule has 0 heterocycles. The molecular weight excluding hydrogens is 298 g/mol. The van der Waals surface area contributed by atoms with Crippen molar-refractivity contribution in [3.63, 3.8) is 0 Å². The van der Waals surface area contributed by atoms with Crippen LogP contribution in [0.5, 0.6) is 0 Å². The van der Waals surface area contributed by atoms with E-state index in [1.807, 2.05) is 0 Å². The van der Waals surface area contributed by atoms with Gasteiger partial charge >= 0.3 is 85.4 Å². The van der Waals surface area contributed by atoms with Crippen LogP contribution in [0.4, 0.5) is 0 Å². The van der Waals surface area contributed by atoms with E-state index in [-0.39, 0.29) is 9.07 Å². The van der Waals surface area contributed by atoms with Crippen LogP contribution in [0.3, 0.4) is 0 Å². The van der Waals surface area contributed by atoms with Gasteiger partial charge in [-0.25, -0.2) is 0 Å². The summed E-state index contributed by atoms with van der Waals surface area (Å²) >= 11 is -5.19. The number of carbonyl (C=O) groups excluding carboxylic acids is 1. The second kappa shape index (κ2) is 4.17. The van der Waals surface area contributed by atoms with Crippen molar-refractivity contribution in [3.8, 4) is 0 Å². The van der Waals surface area contributed by atoms with E-state index >= 15 is 0 Å². The first-order valence-electron chi connectivity index (χ1n) is 3.69. The van der Waals surface area contributed by atoms with Gasteiger partial charge < -0.3 is 0 Å². The molecule has 0 aromatic heterocycles. The Labute approximate surface area is 85.5 Å². The maximum absolute atomic E-state index is 11.0. The summed E-state index contributed by atoms with van der Waals surface area (Å²) in [6.07, 6.45) is 0. The van der Waals surface area contributed by atoms with Gasteiger partial charge in [0.05, 0.1) is 0 Å². The average Bonchev–Trinajstić information content (AvgIpc) is 2.15. The SMILES string of the molecule is COC(=O)c1ccc[c]([Sb](=[O])([OH])[OH])c1. The Bertz CT molecular complexity index is 394. The number of esters is 1. The summed E-state index contributed by atoms with van der Waals surface area (Å²) in [4.78, 5) is 11.0. The minimum atomic E-state index is -5.19. The molecule has 0 aliphatic rings. The van der Waals surface area contributed by atoms with Crippen LogP contribution in [0.1, 0.15) is 10.4 Å². The monoisotopic (exact) mass is 306 g/mol. The first-order valence-corrected chi connectivity index (χ1v) is 8.30. The van der Waals surface area contributed by atoms with E-state index in [0.29, 0.717) is 0 Å². The van der Waals surface area contributed by atoms with Crippen LogP contribution in [0.15, 0.2) is 24.3 Å². The van der Waals surface area contributed by atoms with E-state index in [9.17, 15) is 7.81 Å². The fourth-order valence-electron chi connectivity index (χ4n) is 0.932. The van der Waals surface area contributed by atoms with Crippen molar-refractivity contribution in [2.75, 3.05) is 7.11 Å². The molecule has 0 aliphatic heterocycles. The number of methoxy groups -OCH3 is 1. The molecule has 0 saturated carbocycles. The van der Waals surface area contributed by atoms with E-state index in [2.05, 4.69) is 4.74 Å². The predicted molar refractivity (Wildman–Crippen MR) is 48.3 cm³/mol. The number of hydrogen-bond acceptors (Lipinski definition) is 3. The van der Waals surface area contributed by atoms with E-state index in [0.717, 1.165) is 6.07 Å². The molecule has 0 unspecified atom stereocenters. The van der Waals surface area contributed by atoms with Crippen molar-refractivity contribution < 1.29 is 19.3 Å². The number of rotatable bonds is 2. The Morgan fingerprint density at radius 2 is 2.07 bits per heavy atom. The van der Waals surface area contributed by atoms with E-state index in [1.165, 1.54) is 25.3 Å². The molecule has 2 N–H and O–H groups in total. The summed E-state index contributed by atoms with van der Waals surface area (Å²) in [6.45, 7) is 0. The molecular formula is C8H9O5Sb. The van der Waals surface area contributed by atoms with Gasteiger partial charge in [-0.05, 0) is 0 Å². The van der Waals surface area contributed by atoms with Crippen LogP contribution in [-0.4, -0.2) is 39.5 Å². The molecule has 5 nitrogen and oxygen atoms in total. The van der Waals surface area contributed by atoms with E-state index < -0.39 is 25.6 Å². The van der Waals surface area contributed by atoms with Crippen LogP contribution in [-0.2, 0) is 7.75 Å². The van der Waals surface area contributed by atoms with Crippen molar-refractivity contribution in [1.82, 2.24) is 0 Å². The van der Waals surface area contributed by atoms with Crippen LogP contribution < -0.4 is 3.51 Å². The van der Waals surface area contributed by atoms with Crippen molar-refractivity contribution in [2.45, 2.75) is 0 Å². The third kappa shape index (κ3) is 2.61. The van der Waals surface area contributed by atoms with Gasteiger partial charge in [0.15, 0.2) is 0 Å². The fraction of sp³-hybridized carbons (Fsp3) is 0.125. The molecule has 0 spiro atoms. The Morgan fingerprint density at radius 3 is 2.57 bits per heavy atom. The quantitative estimate of drug-likeness (QED) is 0.543. The molecule has 0 atom stereocenters. The van der Waals surface area contributed by atoms with E-state index in [1.54, 1.807) is 0 Å². The zero-order valence-corrected chi connectivity index (χ0v) is 9.93. The van der Waals surface area contributed by atoms with E-state index in [4.69, 9.17) is 6.77 Å². The van der Waals surface area contributed by atoms with Gasteiger partial charge in [0.2, 0.25) is 0 Å². The number of hydrogen-bond donors (Lipinski definition) is 2. The standard InChI is InChI=1S/C8H7O2.2H2O.O.Sb/c1-10-8(9)7-5-3-2-4-6-7;;;;/h2-3,5-6H,1H3;2*1H2;;/q;;;;+2/p-2. The van der Waals surface area contributed by atoms with Crippen LogP contribution in [0.25, 0.3) is 0 Å². The molecule has 0 aliphatic carbocycles. The zero-order valence-electron chi connectivity index (χ0n) is 7.38. The summed E-state index contributed by atoms with van der Waals surface area (Å²) in [5.74, 6) is -0.610. The van der Waals surface area contributed by atoms with Gasteiger partial charge in [-0.2, -0.15) is 0 Å². The van der Waals surface area contributed by atoms with Gasteiger partial charge in [0.1, 0.15) is 0 Å².